The van der Waals surface area contributed by atoms with Crippen LogP contribution in [0.5, 0.6) is 0 Å². The van der Waals surface area contributed by atoms with Crippen LogP contribution in [-0.2, 0) is 14.3 Å². The van der Waals surface area contributed by atoms with Crippen LogP contribution in [-0.4, -0.2) is 30.4 Å². The number of nitrogens with one attached hydrogen (secondary N) is 1. The predicted molar refractivity (Wildman–Crippen MR) is 50.8 cm³/mol. The van der Waals surface area contributed by atoms with E-state index in [-0.39, 0.29) is 18.6 Å². The minimum absolute atomic E-state index is 0.276. The Bertz CT molecular complexity index is 286. The summed E-state index contributed by atoms with van der Waals surface area (Å²) in [6.07, 6.45) is 0. The van der Waals surface area contributed by atoms with Gasteiger partial charge in [0.15, 0.2) is 5.92 Å². The molecule has 0 saturated carbocycles. The molecule has 0 aromatic rings. The molecule has 0 radical (unpaired) electrons. The third-order valence-corrected chi connectivity index (χ3v) is 2.01. The van der Waals surface area contributed by atoms with Crippen molar-refractivity contribution in [2.24, 2.45) is 10.9 Å². The highest BCUT2D eigenvalue weighted by Gasteiger charge is 2.36. The van der Waals surface area contributed by atoms with Crippen LogP contribution in [0.2, 0.25) is 0 Å². The molecule has 1 rings (SSSR count). The highest BCUT2D eigenvalue weighted by molar-refractivity contribution is 6.08. The molecule has 1 aliphatic rings. The van der Waals surface area contributed by atoms with E-state index >= 15 is 0 Å². The van der Waals surface area contributed by atoms with E-state index in [1.807, 2.05) is 0 Å². The van der Waals surface area contributed by atoms with Crippen molar-refractivity contribution < 1.29 is 14.3 Å². The lowest BCUT2D eigenvalue weighted by Crippen LogP contribution is -2.47. The van der Waals surface area contributed by atoms with Crippen molar-refractivity contribution in [3.05, 3.63) is 0 Å². The molecule has 0 bridgehead atoms. The summed E-state index contributed by atoms with van der Waals surface area (Å²) in [6, 6.07) is -0.345. The number of carbonyl (C=O) groups is 2. The van der Waals surface area contributed by atoms with Gasteiger partial charge < -0.3 is 10.1 Å². The van der Waals surface area contributed by atoms with Gasteiger partial charge in [-0.15, -0.1) is 0 Å². The van der Waals surface area contributed by atoms with Crippen molar-refractivity contribution in [2.75, 3.05) is 6.61 Å². The molecule has 1 N–H and O–H groups in total. The van der Waals surface area contributed by atoms with Gasteiger partial charge in [0.05, 0.1) is 12.6 Å². The number of nitrogens with zero attached hydrogens (tertiary/aromatic N) is 1. The quantitative estimate of drug-likeness (QED) is 0.505. The molecular formula is C9H14N2O3. The molecule has 14 heavy (non-hydrogen) atoms. The maximum Gasteiger partial charge on any atom is 0.320 e. The molecule has 2 atom stereocenters. The molecule has 0 aromatic carbocycles. The van der Waals surface area contributed by atoms with Crippen LogP contribution in [0.1, 0.15) is 20.8 Å². The smallest absolute Gasteiger partial charge is 0.320 e. The molecule has 0 aromatic heterocycles. The fourth-order valence-electron chi connectivity index (χ4n) is 1.42. The largest absolute Gasteiger partial charge is 0.465 e. The fourth-order valence-corrected chi connectivity index (χ4v) is 1.42. The Morgan fingerprint density at radius 1 is 1.64 bits per heavy atom. The van der Waals surface area contributed by atoms with Crippen molar-refractivity contribution >= 4 is 17.7 Å². The molecule has 78 valence electrons. The highest BCUT2D eigenvalue weighted by Crippen LogP contribution is 2.14. The number of ether oxygens (including phenoxy) is 1. The average molecular weight is 198 g/mol. The molecule has 0 aliphatic carbocycles. The van der Waals surface area contributed by atoms with E-state index in [9.17, 15) is 9.59 Å². The van der Waals surface area contributed by atoms with Gasteiger partial charge in [0.1, 0.15) is 5.84 Å². The van der Waals surface area contributed by atoms with E-state index in [1.54, 1.807) is 20.8 Å². The first-order chi connectivity index (χ1) is 6.56. The minimum atomic E-state index is -0.807. The zero-order valence-electron chi connectivity index (χ0n) is 8.53. The van der Waals surface area contributed by atoms with Crippen LogP contribution in [0.25, 0.3) is 0 Å². The SMILES string of the molecule is CCOC(=O)[C@@H]1C(=O)NC(C)=N[C@H]1C. The van der Waals surface area contributed by atoms with Crippen LogP contribution in [0, 0.1) is 5.92 Å². The van der Waals surface area contributed by atoms with E-state index < -0.39 is 11.9 Å². The molecule has 0 fully saturated rings. The summed E-state index contributed by atoms with van der Waals surface area (Å²) >= 11 is 0. The molecule has 0 spiro atoms. The van der Waals surface area contributed by atoms with E-state index in [0.29, 0.717) is 5.84 Å². The normalized spacial score (nSPS) is 26.5. The Morgan fingerprint density at radius 3 is 2.79 bits per heavy atom. The number of hydrogen-bond acceptors (Lipinski definition) is 4. The molecular weight excluding hydrogens is 184 g/mol. The van der Waals surface area contributed by atoms with Gasteiger partial charge in [0.25, 0.3) is 0 Å². The molecule has 1 amide bonds. The minimum Gasteiger partial charge on any atom is -0.465 e. The third kappa shape index (κ3) is 2.10. The first-order valence-corrected chi connectivity index (χ1v) is 4.58. The highest BCUT2D eigenvalue weighted by atomic mass is 16.5. The maximum absolute atomic E-state index is 11.4. The molecule has 1 heterocycles. The Labute approximate surface area is 82.5 Å². The number of aliphatic imine (C=N–C) groups is 1. The van der Waals surface area contributed by atoms with E-state index in [2.05, 4.69) is 10.3 Å². The van der Waals surface area contributed by atoms with Crippen LogP contribution < -0.4 is 5.32 Å². The lowest BCUT2D eigenvalue weighted by atomic mass is 9.99. The first-order valence-electron chi connectivity index (χ1n) is 4.58. The maximum atomic E-state index is 11.4. The number of amides is 1. The van der Waals surface area contributed by atoms with Crippen molar-refractivity contribution in [1.29, 1.82) is 0 Å². The molecule has 5 nitrogen and oxygen atoms in total. The standard InChI is InChI=1S/C9H14N2O3/c1-4-14-9(13)7-5(2)10-6(3)11-8(7)12/h5,7H,4H2,1-3H3,(H,10,11,12)/t5-,7-/m0/s1. The second-order valence-electron chi connectivity index (χ2n) is 3.17. The number of amidine groups is 1. The lowest BCUT2D eigenvalue weighted by Gasteiger charge is -2.23. The van der Waals surface area contributed by atoms with Gasteiger partial charge in [-0.05, 0) is 20.8 Å². The van der Waals surface area contributed by atoms with Gasteiger partial charge in [-0.25, -0.2) is 0 Å². The summed E-state index contributed by atoms with van der Waals surface area (Å²) in [5.74, 6) is -1.10. The van der Waals surface area contributed by atoms with Crippen LogP contribution in [0.4, 0.5) is 0 Å². The van der Waals surface area contributed by atoms with Gasteiger partial charge >= 0.3 is 5.97 Å². The number of hydrogen-bond donors (Lipinski definition) is 1. The second kappa shape index (κ2) is 4.21. The predicted octanol–water partition coefficient (Wildman–Crippen LogP) is 0.102. The van der Waals surface area contributed by atoms with Gasteiger partial charge in [-0.1, -0.05) is 0 Å². The summed E-state index contributed by atoms with van der Waals surface area (Å²) in [5.41, 5.74) is 0. The summed E-state index contributed by atoms with van der Waals surface area (Å²) in [7, 11) is 0. The van der Waals surface area contributed by atoms with Gasteiger partial charge in [-0.2, -0.15) is 0 Å². The number of rotatable bonds is 2. The summed E-state index contributed by atoms with van der Waals surface area (Å²) < 4.78 is 4.79. The lowest BCUT2D eigenvalue weighted by molar-refractivity contribution is -0.152. The van der Waals surface area contributed by atoms with Gasteiger partial charge in [0, 0.05) is 0 Å². The molecule has 1 aliphatic heterocycles. The Morgan fingerprint density at radius 2 is 2.29 bits per heavy atom. The van der Waals surface area contributed by atoms with Crippen molar-refractivity contribution in [2.45, 2.75) is 26.8 Å². The zero-order valence-corrected chi connectivity index (χ0v) is 8.53. The second-order valence-corrected chi connectivity index (χ2v) is 3.17. The Kier molecular flexibility index (Phi) is 3.22. The van der Waals surface area contributed by atoms with Gasteiger partial charge in [0.2, 0.25) is 5.91 Å². The molecule has 0 unspecified atom stereocenters. The van der Waals surface area contributed by atoms with E-state index in [4.69, 9.17) is 4.74 Å². The van der Waals surface area contributed by atoms with Crippen LogP contribution in [0.15, 0.2) is 4.99 Å². The van der Waals surface area contributed by atoms with Crippen molar-refractivity contribution in [3.63, 3.8) is 0 Å². The Hall–Kier alpha value is -1.39. The summed E-state index contributed by atoms with van der Waals surface area (Å²) in [5, 5.41) is 2.51. The van der Waals surface area contributed by atoms with Crippen molar-refractivity contribution in [1.82, 2.24) is 5.32 Å². The van der Waals surface area contributed by atoms with Crippen molar-refractivity contribution in [3.8, 4) is 0 Å². The monoisotopic (exact) mass is 198 g/mol. The van der Waals surface area contributed by atoms with Gasteiger partial charge in [-0.3, -0.25) is 14.6 Å². The first kappa shape index (κ1) is 10.7. The van der Waals surface area contributed by atoms with E-state index in [1.165, 1.54) is 0 Å². The zero-order chi connectivity index (χ0) is 10.7. The molecule has 0 saturated heterocycles. The van der Waals surface area contributed by atoms with Crippen LogP contribution >= 0.6 is 0 Å². The summed E-state index contributed by atoms with van der Waals surface area (Å²) in [6.45, 7) is 5.40. The topological polar surface area (TPSA) is 67.8 Å². The van der Waals surface area contributed by atoms with E-state index in [0.717, 1.165) is 0 Å². The number of esters is 1. The molecule has 5 heteroatoms. The fraction of sp³-hybridized carbons (Fsp3) is 0.667. The summed E-state index contributed by atoms with van der Waals surface area (Å²) in [4.78, 5) is 26.9. The van der Waals surface area contributed by atoms with Crippen LogP contribution in [0.3, 0.4) is 0 Å². The Balaban J connectivity index is 2.78. The average Bonchev–Trinajstić information content (AvgIpc) is 2.01. The number of carbonyl (C=O) groups excluding carboxylic acids is 2. The third-order valence-electron chi connectivity index (χ3n) is 2.01.